The first kappa shape index (κ1) is 21.9. The molecule has 0 saturated carbocycles. The number of nitrogens with zero attached hydrogens (tertiary/aromatic N) is 4. The first-order valence-corrected chi connectivity index (χ1v) is 8.93. The predicted molar refractivity (Wildman–Crippen MR) is 122 cm³/mol. The Kier molecular flexibility index (Phi) is 7.61. The second-order valence-corrected chi connectivity index (χ2v) is 6.56. The van der Waals surface area contributed by atoms with Crippen molar-refractivity contribution >= 4 is 29.9 Å². The molecule has 0 aliphatic carbocycles. The molecule has 0 aliphatic heterocycles. The zero-order valence-corrected chi connectivity index (χ0v) is 19.2. The van der Waals surface area contributed by atoms with E-state index < -0.39 is 0 Å². The van der Waals surface area contributed by atoms with Gasteiger partial charge in [-0.25, -0.2) is 4.98 Å². The molecule has 3 aromatic rings. The van der Waals surface area contributed by atoms with Crippen LogP contribution in [-0.4, -0.2) is 27.8 Å². The Morgan fingerprint density at radius 3 is 2.39 bits per heavy atom. The molecule has 0 spiro atoms. The lowest BCUT2D eigenvalue weighted by Crippen LogP contribution is -2.36. The predicted octanol–water partition coefficient (Wildman–Crippen LogP) is 3.48. The molecular formula is C20H27IN6O. The summed E-state index contributed by atoms with van der Waals surface area (Å²) >= 11 is 0. The molecule has 0 atom stereocenters. The highest BCUT2D eigenvalue weighted by Gasteiger charge is 2.11. The topological polar surface area (TPSA) is 80.3 Å². The molecule has 0 bridgehead atoms. The number of hydrogen-bond acceptors (Lipinski definition) is 4. The largest absolute Gasteiger partial charge is 0.444 e. The summed E-state index contributed by atoms with van der Waals surface area (Å²) in [6.45, 7) is 7.33. The highest BCUT2D eigenvalue weighted by molar-refractivity contribution is 14.0. The van der Waals surface area contributed by atoms with Crippen LogP contribution in [-0.2, 0) is 20.1 Å². The van der Waals surface area contributed by atoms with Crippen LogP contribution in [0.2, 0.25) is 0 Å². The molecule has 0 fully saturated rings. The summed E-state index contributed by atoms with van der Waals surface area (Å²) in [7, 11) is 3.70. The van der Waals surface area contributed by atoms with E-state index >= 15 is 0 Å². The van der Waals surface area contributed by atoms with E-state index in [9.17, 15) is 0 Å². The van der Waals surface area contributed by atoms with Gasteiger partial charge in [0, 0.05) is 37.5 Å². The molecule has 28 heavy (non-hydrogen) atoms. The summed E-state index contributed by atoms with van der Waals surface area (Å²) in [5.41, 5.74) is 6.36. The number of aryl methyl sites for hydroxylation is 3. The third kappa shape index (κ3) is 5.12. The van der Waals surface area contributed by atoms with Crippen molar-refractivity contribution in [1.82, 2.24) is 25.4 Å². The van der Waals surface area contributed by atoms with E-state index in [0.717, 1.165) is 22.6 Å². The maximum absolute atomic E-state index is 5.60. The molecule has 2 heterocycles. The normalized spacial score (nSPS) is 11.2. The summed E-state index contributed by atoms with van der Waals surface area (Å²) in [5.74, 6) is 1.33. The Morgan fingerprint density at radius 2 is 1.79 bits per heavy atom. The lowest BCUT2D eigenvalue weighted by atomic mass is 10.1. The van der Waals surface area contributed by atoms with E-state index in [1.807, 2.05) is 42.9 Å². The van der Waals surface area contributed by atoms with Crippen LogP contribution in [0.15, 0.2) is 39.9 Å². The number of rotatable bonds is 5. The number of oxazole rings is 1. The Labute approximate surface area is 182 Å². The summed E-state index contributed by atoms with van der Waals surface area (Å²) in [6.07, 6.45) is 1.67. The molecule has 150 valence electrons. The number of aromatic nitrogens is 3. The van der Waals surface area contributed by atoms with Gasteiger partial charge in [-0.05, 0) is 32.9 Å². The molecule has 2 N–H and O–H groups in total. The minimum atomic E-state index is 0. The second kappa shape index (κ2) is 9.72. The molecule has 2 aromatic heterocycles. The zero-order valence-electron chi connectivity index (χ0n) is 16.9. The fourth-order valence-corrected chi connectivity index (χ4v) is 2.86. The van der Waals surface area contributed by atoms with Gasteiger partial charge in [-0.15, -0.1) is 24.0 Å². The number of benzene rings is 1. The van der Waals surface area contributed by atoms with Crippen LogP contribution in [0, 0.1) is 20.8 Å². The number of nitrogens with one attached hydrogen (secondary N) is 2. The van der Waals surface area contributed by atoms with Gasteiger partial charge >= 0.3 is 0 Å². The molecule has 0 unspecified atom stereocenters. The quantitative estimate of drug-likeness (QED) is 0.323. The lowest BCUT2D eigenvalue weighted by molar-refractivity contribution is 0.572. The third-order valence-corrected chi connectivity index (χ3v) is 4.60. The first-order valence-electron chi connectivity index (χ1n) is 8.93. The Bertz CT molecular complexity index is 942. The van der Waals surface area contributed by atoms with Crippen LogP contribution < -0.4 is 10.6 Å². The highest BCUT2D eigenvalue weighted by Crippen LogP contribution is 2.19. The van der Waals surface area contributed by atoms with E-state index in [4.69, 9.17) is 4.42 Å². The summed E-state index contributed by atoms with van der Waals surface area (Å²) < 4.78 is 7.49. The zero-order chi connectivity index (χ0) is 19.4. The monoisotopic (exact) mass is 494 g/mol. The van der Waals surface area contributed by atoms with E-state index in [1.165, 1.54) is 11.1 Å². The average molecular weight is 494 g/mol. The van der Waals surface area contributed by atoms with Crippen molar-refractivity contribution < 1.29 is 4.42 Å². The number of halogens is 1. The summed E-state index contributed by atoms with van der Waals surface area (Å²) in [6, 6.07) is 8.12. The van der Waals surface area contributed by atoms with Crippen molar-refractivity contribution in [3.63, 3.8) is 0 Å². The van der Waals surface area contributed by atoms with Crippen LogP contribution in [0.4, 0.5) is 0 Å². The van der Waals surface area contributed by atoms with Crippen LogP contribution in [0.5, 0.6) is 0 Å². The van der Waals surface area contributed by atoms with Crippen molar-refractivity contribution in [1.29, 1.82) is 0 Å². The number of guanidine groups is 1. The van der Waals surface area contributed by atoms with Gasteiger partial charge in [0.1, 0.15) is 6.26 Å². The number of hydrogen-bond donors (Lipinski definition) is 2. The molecule has 7 nitrogen and oxygen atoms in total. The molecular weight excluding hydrogens is 467 g/mol. The van der Waals surface area contributed by atoms with E-state index in [0.29, 0.717) is 24.9 Å². The Balaban J connectivity index is 0.00000280. The average Bonchev–Trinajstić information content (AvgIpc) is 3.22. The van der Waals surface area contributed by atoms with Crippen molar-refractivity contribution in [3.05, 3.63) is 58.7 Å². The Morgan fingerprint density at radius 1 is 1.11 bits per heavy atom. The van der Waals surface area contributed by atoms with Crippen molar-refractivity contribution in [2.75, 3.05) is 7.05 Å². The van der Waals surface area contributed by atoms with Crippen molar-refractivity contribution in [2.45, 2.75) is 33.9 Å². The van der Waals surface area contributed by atoms with Crippen LogP contribution >= 0.6 is 24.0 Å². The summed E-state index contributed by atoms with van der Waals surface area (Å²) in [4.78, 5) is 8.81. The maximum atomic E-state index is 5.60. The maximum Gasteiger partial charge on any atom is 0.226 e. The number of aliphatic imine (C=N–C) groups is 1. The van der Waals surface area contributed by atoms with E-state index in [-0.39, 0.29) is 24.0 Å². The van der Waals surface area contributed by atoms with Gasteiger partial charge in [-0.2, -0.15) is 5.10 Å². The lowest BCUT2D eigenvalue weighted by Gasteiger charge is -2.11. The van der Waals surface area contributed by atoms with Gasteiger partial charge in [-0.3, -0.25) is 9.67 Å². The van der Waals surface area contributed by atoms with Crippen LogP contribution in [0.25, 0.3) is 11.5 Å². The third-order valence-electron chi connectivity index (χ3n) is 4.60. The first-order chi connectivity index (χ1) is 13.0. The van der Waals surface area contributed by atoms with Crippen molar-refractivity contribution in [3.8, 4) is 11.5 Å². The molecule has 0 radical (unpaired) electrons. The SMILES string of the molecule is CN=C(NCc1coc(-c2ccc(C)cc2)n1)NCc1c(C)nn(C)c1C.I. The second-order valence-electron chi connectivity index (χ2n) is 6.56. The molecule has 0 saturated heterocycles. The van der Waals surface area contributed by atoms with Gasteiger partial charge in [0.25, 0.3) is 0 Å². The molecule has 0 amide bonds. The fourth-order valence-electron chi connectivity index (χ4n) is 2.86. The van der Waals surface area contributed by atoms with E-state index in [1.54, 1.807) is 13.3 Å². The van der Waals surface area contributed by atoms with Crippen LogP contribution in [0.1, 0.15) is 28.2 Å². The van der Waals surface area contributed by atoms with Crippen molar-refractivity contribution in [2.24, 2.45) is 12.0 Å². The highest BCUT2D eigenvalue weighted by atomic mass is 127. The van der Waals surface area contributed by atoms with Crippen LogP contribution in [0.3, 0.4) is 0 Å². The molecule has 8 heteroatoms. The summed E-state index contributed by atoms with van der Waals surface area (Å²) in [5, 5.41) is 11.0. The molecule has 0 aliphatic rings. The van der Waals surface area contributed by atoms with Gasteiger partial charge in [0.05, 0.1) is 17.9 Å². The fraction of sp³-hybridized carbons (Fsp3) is 0.350. The van der Waals surface area contributed by atoms with Gasteiger partial charge in [-0.1, -0.05) is 17.7 Å². The van der Waals surface area contributed by atoms with Gasteiger partial charge < -0.3 is 15.1 Å². The minimum Gasteiger partial charge on any atom is -0.444 e. The van der Waals surface area contributed by atoms with Gasteiger partial charge in [0.15, 0.2) is 5.96 Å². The standard InChI is InChI=1S/C20H26N6O.HI/c1-13-6-8-16(9-7-13)19-24-17(12-27-19)10-22-20(21-4)23-11-18-14(2)25-26(5)15(18)3;/h6-9,12H,10-11H2,1-5H3,(H2,21,22,23);1H. The minimum absolute atomic E-state index is 0. The Hall–Kier alpha value is -2.36. The smallest absolute Gasteiger partial charge is 0.226 e. The van der Waals surface area contributed by atoms with Gasteiger partial charge in [0.2, 0.25) is 5.89 Å². The van der Waals surface area contributed by atoms with E-state index in [2.05, 4.69) is 39.6 Å². The molecule has 3 rings (SSSR count). The molecule has 1 aromatic carbocycles.